The van der Waals surface area contributed by atoms with Gasteiger partial charge in [0, 0.05) is 0 Å². The van der Waals surface area contributed by atoms with E-state index in [1.807, 2.05) is 0 Å². The molecule has 1 aromatic carbocycles. The molecule has 0 aromatic heterocycles. The maximum atomic E-state index is 14.8. The van der Waals surface area contributed by atoms with Crippen LogP contribution < -0.4 is 4.74 Å². The molecule has 51 heavy (non-hydrogen) atoms. The van der Waals surface area contributed by atoms with Crippen LogP contribution in [-0.4, -0.2) is 54.0 Å². The number of fused-ring (bicyclic) bond motifs is 5. The third-order valence-electron chi connectivity index (χ3n) is 12.8. The Kier molecular flexibility index (Phi) is 12.2. The lowest BCUT2D eigenvalue weighted by Crippen LogP contribution is -2.59. The largest absolute Gasteiger partial charge is 0.497 e. The first-order chi connectivity index (χ1) is 23.2. The van der Waals surface area contributed by atoms with Crippen molar-refractivity contribution in [2.45, 2.75) is 172 Å². The standard InChI is InChI=1S/C39H61F7O3Si2/c1-34(2,3)51(9,10)49-32-20-19-31-35(32,4)24-22-30-29-18-17-28(47-5)26-27(29)21-25-36(30,31)23-15-13-11-12-14-16-33(48-50(6,7)8)37(40,41)38(42,43)39(44,45)46/h15,17-18,23,26,30-33H,11-14,16,19-22,24-25H2,1-10H3/t30-,31-,32+,33-,35+,36-/m1/s1. The first-order valence-corrected chi connectivity index (χ1v) is 25.1. The number of ether oxygens (including phenoxy) is 1. The molecule has 0 unspecified atom stereocenters. The average Bonchev–Trinajstić information content (AvgIpc) is 3.33. The van der Waals surface area contributed by atoms with E-state index in [-0.39, 0.29) is 28.4 Å². The number of methoxy groups -OCH3 is 1. The first-order valence-electron chi connectivity index (χ1n) is 18.8. The van der Waals surface area contributed by atoms with Crippen molar-refractivity contribution in [3.05, 3.63) is 41.5 Å². The second-order valence-electron chi connectivity index (χ2n) is 18.2. The van der Waals surface area contributed by atoms with Gasteiger partial charge in [-0.2, -0.15) is 30.7 Å². The minimum atomic E-state index is -6.38. The Balaban J connectivity index is 1.52. The highest BCUT2D eigenvalue weighted by molar-refractivity contribution is 6.74. The van der Waals surface area contributed by atoms with Crippen LogP contribution in [0.4, 0.5) is 30.7 Å². The summed E-state index contributed by atoms with van der Waals surface area (Å²) in [6, 6.07) is 6.46. The summed E-state index contributed by atoms with van der Waals surface area (Å²) in [5, 5.41) is 0.106. The topological polar surface area (TPSA) is 27.7 Å². The fourth-order valence-corrected chi connectivity index (χ4v) is 11.6. The molecular formula is C39H61F7O3Si2. The van der Waals surface area contributed by atoms with Gasteiger partial charge in [0.15, 0.2) is 16.6 Å². The molecule has 0 aliphatic heterocycles. The highest BCUT2D eigenvalue weighted by Crippen LogP contribution is 2.68. The molecule has 0 bridgehead atoms. The summed E-state index contributed by atoms with van der Waals surface area (Å²) in [4.78, 5) is 0. The second-order valence-corrected chi connectivity index (χ2v) is 27.4. The lowest BCUT2D eigenvalue weighted by atomic mass is 9.47. The number of alkyl halides is 7. The molecule has 292 valence electrons. The summed E-state index contributed by atoms with van der Waals surface area (Å²) in [5.41, 5.74) is 2.66. The van der Waals surface area contributed by atoms with Crippen molar-refractivity contribution in [3.63, 3.8) is 0 Å². The molecule has 6 atom stereocenters. The van der Waals surface area contributed by atoms with Gasteiger partial charge >= 0.3 is 18.0 Å². The fourth-order valence-electron chi connectivity index (χ4n) is 9.04. The van der Waals surface area contributed by atoms with Crippen LogP contribution in [0.2, 0.25) is 37.8 Å². The third kappa shape index (κ3) is 8.33. The SMILES string of the molecule is COc1ccc2c(c1)CC[C@]1(C=CCCCCC[C@@H](O[Si](C)(C)C)C(F)(F)C(F)(F)C(F)(F)F)[C@@H]2CC[C@]2(C)[C@@H](O[Si](C)(C)C(C)(C)C)CC[C@H]21. The number of hydrogen-bond donors (Lipinski definition) is 0. The van der Waals surface area contributed by atoms with E-state index in [0.717, 1.165) is 44.3 Å². The average molecular weight is 767 g/mol. The summed E-state index contributed by atoms with van der Waals surface area (Å²) in [5.74, 6) is -9.94. The second kappa shape index (κ2) is 14.7. The third-order valence-corrected chi connectivity index (χ3v) is 18.2. The van der Waals surface area contributed by atoms with E-state index in [1.54, 1.807) is 7.11 Å². The number of unbranched alkanes of at least 4 members (excludes halogenated alkanes) is 3. The monoisotopic (exact) mass is 766 g/mol. The molecule has 0 heterocycles. The maximum absolute atomic E-state index is 14.8. The zero-order chi connectivity index (χ0) is 38.5. The Hall–Kier alpha value is -1.38. The van der Waals surface area contributed by atoms with E-state index in [9.17, 15) is 30.7 Å². The first kappa shape index (κ1) is 42.4. The number of allylic oxidation sites excluding steroid dienone is 2. The quantitative estimate of drug-likeness (QED) is 0.0817. The van der Waals surface area contributed by atoms with Crippen molar-refractivity contribution in [2.75, 3.05) is 7.11 Å². The van der Waals surface area contributed by atoms with Crippen LogP contribution in [0.1, 0.15) is 109 Å². The van der Waals surface area contributed by atoms with Crippen LogP contribution in [0.5, 0.6) is 5.75 Å². The van der Waals surface area contributed by atoms with Gasteiger partial charge in [0.05, 0.1) is 13.2 Å². The molecule has 3 aliphatic rings. The van der Waals surface area contributed by atoms with Crippen LogP contribution in [0.15, 0.2) is 30.4 Å². The van der Waals surface area contributed by atoms with Crippen molar-refractivity contribution in [1.82, 2.24) is 0 Å². The highest BCUT2D eigenvalue weighted by Gasteiger charge is 2.75. The number of benzene rings is 1. The van der Waals surface area contributed by atoms with Crippen LogP contribution in [0.3, 0.4) is 0 Å². The van der Waals surface area contributed by atoms with Gasteiger partial charge in [-0.3, -0.25) is 0 Å². The molecule has 3 aliphatic carbocycles. The molecule has 2 saturated carbocycles. The molecule has 0 N–H and O–H groups in total. The van der Waals surface area contributed by atoms with Crippen molar-refractivity contribution >= 4 is 16.6 Å². The smallest absolute Gasteiger partial charge is 0.459 e. The van der Waals surface area contributed by atoms with Crippen LogP contribution in [0.25, 0.3) is 0 Å². The Morgan fingerprint density at radius 1 is 0.902 bits per heavy atom. The van der Waals surface area contributed by atoms with E-state index in [1.165, 1.54) is 30.8 Å². The number of aryl methyl sites for hydroxylation is 1. The van der Waals surface area contributed by atoms with Gasteiger partial charge in [-0.25, -0.2) is 0 Å². The van der Waals surface area contributed by atoms with Gasteiger partial charge in [0.25, 0.3) is 0 Å². The van der Waals surface area contributed by atoms with Crippen LogP contribution in [-0.2, 0) is 15.3 Å². The number of halogens is 7. The lowest BCUT2D eigenvalue weighted by Gasteiger charge is -2.58. The van der Waals surface area contributed by atoms with Crippen molar-refractivity contribution in [2.24, 2.45) is 16.7 Å². The van der Waals surface area contributed by atoms with E-state index in [2.05, 4.69) is 71.1 Å². The Morgan fingerprint density at radius 3 is 2.16 bits per heavy atom. The molecular weight excluding hydrogens is 706 g/mol. The minimum absolute atomic E-state index is 0.0232. The predicted molar refractivity (Wildman–Crippen MR) is 195 cm³/mol. The molecule has 1 aromatic rings. The highest BCUT2D eigenvalue weighted by atomic mass is 28.4. The van der Waals surface area contributed by atoms with Crippen molar-refractivity contribution in [3.8, 4) is 5.75 Å². The molecule has 12 heteroatoms. The Morgan fingerprint density at radius 2 is 1.57 bits per heavy atom. The maximum Gasteiger partial charge on any atom is 0.459 e. The molecule has 0 spiro atoms. The summed E-state index contributed by atoms with van der Waals surface area (Å²) >= 11 is 0. The molecule has 0 amide bonds. The molecule has 3 nitrogen and oxygen atoms in total. The zero-order valence-electron chi connectivity index (χ0n) is 32.3. The summed E-state index contributed by atoms with van der Waals surface area (Å²) in [6.07, 6.45) is 3.27. The normalized spacial score (nSPS) is 28.4. The molecule has 0 saturated heterocycles. The van der Waals surface area contributed by atoms with Gasteiger partial charge in [-0.15, -0.1) is 0 Å². The molecule has 2 fully saturated rings. The van der Waals surface area contributed by atoms with Gasteiger partial charge in [0.1, 0.15) is 11.9 Å². The minimum Gasteiger partial charge on any atom is -0.497 e. The number of rotatable bonds is 14. The summed E-state index contributed by atoms with van der Waals surface area (Å²) in [6.45, 7) is 18.5. The summed E-state index contributed by atoms with van der Waals surface area (Å²) < 4.78 is 114. The molecule has 4 rings (SSSR count). The van der Waals surface area contributed by atoms with E-state index in [4.69, 9.17) is 13.6 Å². The van der Waals surface area contributed by atoms with Gasteiger partial charge in [-0.05, 0) is 141 Å². The van der Waals surface area contributed by atoms with E-state index >= 15 is 0 Å². The van der Waals surface area contributed by atoms with E-state index in [0.29, 0.717) is 31.1 Å². The lowest BCUT2D eigenvalue weighted by molar-refractivity contribution is -0.369. The van der Waals surface area contributed by atoms with E-state index < -0.39 is 47.2 Å². The van der Waals surface area contributed by atoms with Crippen molar-refractivity contribution in [1.29, 1.82) is 0 Å². The predicted octanol–water partition coefficient (Wildman–Crippen LogP) is 12.9. The Bertz CT molecular complexity index is 1380. The van der Waals surface area contributed by atoms with Crippen LogP contribution >= 0.6 is 0 Å². The summed E-state index contributed by atoms with van der Waals surface area (Å²) in [7, 11) is -3.19. The van der Waals surface area contributed by atoms with Gasteiger partial charge in [0.2, 0.25) is 0 Å². The molecule has 0 radical (unpaired) electrons. The van der Waals surface area contributed by atoms with Gasteiger partial charge < -0.3 is 13.6 Å². The zero-order valence-corrected chi connectivity index (χ0v) is 34.3. The van der Waals surface area contributed by atoms with Gasteiger partial charge in [-0.1, -0.05) is 58.8 Å². The fraction of sp³-hybridized carbons (Fsp3) is 0.795. The van der Waals surface area contributed by atoms with Crippen molar-refractivity contribution < 1.29 is 44.3 Å². The van der Waals surface area contributed by atoms with Crippen LogP contribution in [0, 0.1) is 16.7 Å². The Labute approximate surface area is 303 Å². The number of hydrogen-bond acceptors (Lipinski definition) is 3.